The van der Waals surface area contributed by atoms with E-state index in [0.717, 1.165) is 45.3 Å². The van der Waals surface area contributed by atoms with Crippen molar-refractivity contribution in [1.29, 1.82) is 0 Å². The molecule has 2 heterocycles. The third kappa shape index (κ3) is 3.00. The normalized spacial score (nSPS) is 34.8. The van der Waals surface area contributed by atoms with Crippen molar-refractivity contribution < 1.29 is 9.59 Å². The van der Waals surface area contributed by atoms with Gasteiger partial charge in [0.1, 0.15) is 0 Å². The van der Waals surface area contributed by atoms with E-state index in [-0.39, 0.29) is 23.8 Å². The number of fused-ring (bicyclic) bond motifs is 1. The highest BCUT2D eigenvalue weighted by Crippen LogP contribution is 2.38. The van der Waals surface area contributed by atoms with Crippen molar-refractivity contribution in [3.05, 3.63) is 0 Å². The van der Waals surface area contributed by atoms with Crippen molar-refractivity contribution in [1.82, 2.24) is 9.80 Å². The molecule has 0 spiro atoms. The molecular formula is C17H29N3O2. The van der Waals surface area contributed by atoms with Gasteiger partial charge in [-0.3, -0.25) is 9.59 Å². The average Bonchev–Trinajstić information content (AvgIpc) is 3.09. The molecule has 3 fully saturated rings. The first kappa shape index (κ1) is 15.8. The second-order valence-corrected chi connectivity index (χ2v) is 7.34. The number of nitrogens with two attached hydrogens (primary N) is 1. The average molecular weight is 307 g/mol. The molecule has 2 amide bonds. The Balaban J connectivity index is 1.57. The van der Waals surface area contributed by atoms with Gasteiger partial charge in [0.2, 0.25) is 11.8 Å². The van der Waals surface area contributed by atoms with E-state index in [1.165, 1.54) is 6.42 Å². The van der Waals surface area contributed by atoms with E-state index >= 15 is 0 Å². The van der Waals surface area contributed by atoms with Crippen LogP contribution in [0, 0.1) is 17.8 Å². The van der Waals surface area contributed by atoms with Crippen LogP contribution in [0.15, 0.2) is 0 Å². The highest BCUT2D eigenvalue weighted by atomic mass is 16.2. The molecule has 4 unspecified atom stereocenters. The smallest absolute Gasteiger partial charge is 0.227 e. The summed E-state index contributed by atoms with van der Waals surface area (Å²) in [6, 6.07) is 0.275. The molecule has 5 nitrogen and oxygen atoms in total. The van der Waals surface area contributed by atoms with Crippen molar-refractivity contribution in [2.45, 2.75) is 51.5 Å². The molecule has 22 heavy (non-hydrogen) atoms. The van der Waals surface area contributed by atoms with Crippen LogP contribution in [0.5, 0.6) is 0 Å². The van der Waals surface area contributed by atoms with Gasteiger partial charge in [-0.2, -0.15) is 0 Å². The molecule has 2 saturated heterocycles. The highest BCUT2D eigenvalue weighted by molar-refractivity contribution is 5.81. The molecule has 4 atom stereocenters. The maximum atomic E-state index is 12.8. The van der Waals surface area contributed by atoms with Gasteiger partial charge in [0.15, 0.2) is 0 Å². The van der Waals surface area contributed by atoms with Crippen molar-refractivity contribution in [2.75, 3.05) is 26.2 Å². The predicted octanol–water partition coefficient (Wildman–Crippen LogP) is 1.22. The summed E-state index contributed by atoms with van der Waals surface area (Å²) in [5.41, 5.74) is 6.16. The number of carbonyl (C=O) groups excluding carboxylic acids is 2. The summed E-state index contributed by atoms with van der Waals surface area (Å²) in [4.78, 5) is 28.8. The Kier molecular flexibility index (Phi) is 4.71. The monoisotopic (exact) mass is 307 g/mol. The molecule has 0 aromatic carbocycles. The molecule has 3 aliphatic rings. The second-order valence-electron chi connectivity index (χ2n) is 7.34. The second kappa shape index (κ2) is 6.57. The maximum absolute atomic E-state index is 12.8. The molecule has 2 N–H and O–H groups in total. The van der Waals surface area contributed by atoms with E-state index < -0.39 is 0 Å². The van der Waals surface area contributed by atoms with Gasteiger partial charge in [-0.25, -0.2) is 0 Å². The van der Waals surface area contributed by atoms with E-state index in [1.54, 1.807) is 0 Å². The van der Waals surface area contributed by atoms with Crippen molar-refractivity contribution >= 4 is 11.8 Å². The zero-order valence-corrected chi connectivity index (χ0v) is 13.7. The minimum Gasteiger partial charge on any atom is -0.342 e. The number of nitrogens with zero attached hydrogens (tertiary/aromatic N) is 2. The number of amides is 2. The number of hydrogen-bond donors (Lipinski definition) is 1. The summed E-state index contributed by atoms with van der Waals surface area (Å²) in [5.74, 6) is 1.59. The molecule has 2 aliphatic heterocycles. The van der Waals surface area contributed by atoms with Crippen LogP contribution < -0.4 is 5.73 Å². The van der Waals surface area contributed by atoms with Crippen LogP contribution in [0.3, 0.4) is 0 Å². The Morgan fingerprint density at radius 3 is 2.64 bits per heavy atom. The largest absolute Gasteiger partial charge is 0.342 e. The Hall–Kier alpha value is -1.10. The van der Waals surface area contributed by atoms with Gasteiger partial charge in [0.05, 0.1) is 5.92 Å². The lowest BCUT2D eigenvalue weighted by molar-refractivity contribution is -0.140. The van der Waals surface area contributed by atoms with Gasteiger partial charge >= 0.3 is 0 Å². The number of rotatable bonds is 3. The van der Waals surface area contributed by atoms with Crippen LogP contribution in [0.25, 0.3) is 0 Å². The van der Waals surface area contributed by atoms with E-state index in [0.29, 0.717) is 24.8 Å². The van der Waals surface area contributed by atoms with Gasteiger partial charge in [0.25, 0.3) is 0 Å². The number of carbonyl (C=O) groups is 2. The van der Waals surface area contributed by atoms with Gasteiger partial charge in [-0.15, -0.1) is 0 Å². The van der Waals surface area contributed by atoms with Crippen molar-refractivity contribution in [3.8, 4) is 0 Å². The third-order valence-electron chi connectivity index (χ3n) is 5.81. The van der Waals surface area contributed by atoms with Crippen LogP contribution in [0.4, 0.5) is 0 Å². The Morgan fingerprint density at radius 1 is 1.09 bits per heavy atom. The van der Waals surface area contributed by atoms with E-state index in [4.69, 9.17) is 5.73 Å². The molecule has 1 saturated carbocycles. The fourth-order valence-electron chi connectivity index (χ4n) is 4.52. The van der Waals surface area contributed by atoms with Crippen LogP contribution in [-0.2, 0) is 9.59 Å². The summed E-state index contributed by atoms with van der Waals surface area (Å²) >= 11 is 0. The lowest BCUT2D eigenvalue weighted by Gasteiger charge is -2.34. The molecule has 0 radical (unpaired) electrons. The summed E-state index contributed by atoms with van der Waals surface area (Å²) < 4.78 is 0. The first-order valence-electron chi connectivity index (χ1n) is 8.92. The maximum Gasteiger partial charge on any atom is 0.227 e. The fourth-order valence-corrected chi connectivity index (χ4v) is 4.52. The molecule has 1 aliphatic carbocycles. The minimum atomic E-state index is 0.00427. The Morgan fingerprint density at radius 2 is 1.91 bits per heavy atom. The molecule has 0 aromatic rings. The number of likely N-dealkylation sites (tertiary alicyclic amines) is 2. The summed E-state index contributed by atoms with van der Waals surface area (Å²) in [6.07, 6.45) is 5.63. The molecular weight excluding hydrogens is 278 g/mol. The lowest BCUT2D eigenvalue weighted by atomic mass is 9.96. The van der Waals surface area contributed by atoms with E-state index in [1.807, 2.05) is 16.7 Å². The zero-order valence-electron chi connectivity index (χ0n) is 13.7. The predicted molar refractivity (Wildman–Crippen MR) is 85.0 cm³/mol. The van der Waals surface area contributed by atoms with Gasteiger partial charge in [0, 0.05) is 38.6 Å². The van der Waals surface area contributed by atoms with Crippen LogP contribution in [-0.4, -0.2) is 53.8 Å². The Labute approximate surface area is 133 Å². The Bertz CT molecular complexity index is 440. The molecule has 0 aromatic heterocycles. The highest BCUT2D eigenvalue weighted by Gasteiger charge is 2.44. The summed E-state index contributed by atoms with van der Waals surface area (Å²) in [5, 5.41) is 0. The zero-order chi connectivity index (χ0) is 15.7. The standard InChI is InChI=1S/C17H29N3O2/c1-2-4-16(21)19-8-3-5-13(10-19)17(22)20-9-12-6-7-15(18)14(12)11-20/h12-15H,2-11,18H2,1H3. The first-order chi connectivity index (χ1) is 10.6. The van der Waals surface area contributed by atoms with Gasteiger partial charge in [-0.05, 0) is 43.9 Å². The molecule has 5 heteroatoms. The van der Waals surface area contributed by atoms with E-state index in [2.05, 4.69) is 0 Å². The van der Waals surface area contributed by atoms with Crippen molar-refractivity contribution in [3.63, 3.8) is 0 Å². The van der Waals surface area contributed by atoms with Crippen molar-refractivity contribution in [2.24, 2.45) is 23.5 Å². The first-order valence-corrected chi connectivity index (χ1v) is 8.92. The third-order valence-corrected chi connectivity index (χ3v) is 5.81. The van der Waals surface area contributed by atoms with Crippen LogP contribution in [0.2, 0.25) is 0 Å². The fraction of sp³-hybridized carbons (Fsp3) is 0.882. The SMILES string of the molecule is CCCC(=O)N1CCCC(C(=O)N2CC3CCC(N)C3C2)C1. The van der Waals surface area contributed by atoms with Crippen LogP contribution in [0.1, 0.15) is 45.4 Å². The number of piperidine rings is 1. The molecule has 0 bridgehead atoms. The number of hydrogen-bond acceptors (Lipinski definition) is 3. The van der Waals surface area contributed by atoms with Gasteiger partial charge < -0.3 is 15.5 Å². The summed E-state index contributed by atoms with van der Waals surface area (Å²) in [7, 11) is 0. The minimum absolute atomic E-state index is 0.00427. The van der Waals surface area contributed by atoms with E-state index in [9.17, 15) is 9.59 Å². The van der Waals surface area contributed by atoms with Gasteiger partial charge in [-0.1, -0.05) is 6.92 Å². The summed E-state index contributed by atoms with van der Waals surface area (Å²) in [6.45, 7) is 5.19. The lowest BCUT2D eigenvalue weighted by Crippen LogP contribution is -2.46. The molecule has 124 valence electrons. The quantitative estimate of drug-likeness (QED) is 0.852. The van der Waals surface area contributed by atoms with Crippen LogP contribution >= 0.6 is 0 Å². The topological polar surface area (TPSA) is 66.6 Å². The molecule has 3 rings (SSSR count).